The summed E-state index contributed by atoms with van der Waals surface area (Å²) in [6, 6.07) is 0. The maximum absolute atomic E-state index is 12.2. The second kappa shape index (κ2) is 4.30. The minimum absolute atomic E-state index is 0.940. The van der Waals surface area contributed by atoms with Crippen molar-refractivity contribution < 1.29 is 29.2 Å². The van der Waals surface area contributed by atoms with Gasteiger partial charge in [-0.05, 0) is 0 Å². The Kier molecular flexibility index (Phi) is 3.57. The standard InChI is InChI=1S/C7H13FO5/c1-12-7-6(11)5(10)4(9)3(2-8)13-7/h3-7,9-11H,2H2,1H3/t3-,4-,5+,6-,7-/m1/s1. The number of halogens is 1. The molecule has 0 bridgehead atoms. The van der Waals surface area contributed by atoms with Gasteiger partial charge in [-0.3, -0.25) is 0 Å². The van der Waals surface area contributed by atoms with Gasteiger partial charge in [-0.1, -0.05) is 0 Å². The fourth-order valence-corrected chi connectivity index (χ4v) is 1.24. The van der Waals surface area contributed by atoms with Gasteiger partial charge in [0.15, 0.2) is 6.29 Å². The summed E-state index contributed by atoms with van der Waals surface area (Å²) in [5.41, 5.74) is 0. The molecule has 0 aromatic rings. The van der Waals surface area contributed by atoms with Crippen LogP contribution in [0.25, 0.3) is 0 Å². The highest BCUT2D eigenvalue weighted by Crippen LogP contribution is 2.21. The molecule has 5 nitrogen and oxygen atoms in total. The Labute approximate surface area is 74.7 Å². The monoisotopic (exact) mass is 196 g/mol. The highest BCUT2D eigenvalue weighted by Gasteiger charge is 2.43. The zero-order valence-corrected chi connectivity index (χ0v) is 7.13. The summed E-state index contributed by atoms with van der Waals surface area (Å²) in [4.78, 5) is 0. The first-order valence-electron chi connectivity index (χ1n) is 3.90. The Hall–Kier alpha value is -0.270. The molecule has 1 heterocycles. The van der Waals surface area contributed by atoms with Crippen LogP contribution < -0.4 is 0 Å². The molecule has 6 heteroatoms. The van der Waals surface area contributed by atoms with Gasteiger partial charge in [0, 0.05) is 7.11 Å². The molecular formula is C7H13FO5. The fourth-order valence-electron chi connectivity index (χ4n) is 1.24. The lowest BCUT2D eigenvalue weighted by molar-refractivity contribution is -0.291. The van der Waals surface area contributed by atoms with Crippen molar-refractivity contribution >= 4 is 0 Å². The molecule has 0 saturated carbocycles. The number of aliphatic hydroxyl groups excluding tert-OH is 3. The van der Waals surface area contributed by atoms with E-state index in [-0.39, 0.29) is 0 Å². The van der Waals surface area contributed by atoms with Gasteiger partial charge in [0.1, 0.15) is 31.1 Å². The minimum atomic E-state index is -1.44. The van der Waals surface area contributed by atoms with Crippen LogP contribution in [-0.2, 0) is 9.47 Å². The van der Waals surface area contributed by atoms with E-state index < -0.39 is 37.4 Å². The molecule has 0 aromatic carbocycles. The Morgan fingerprint density at radius 3 is 2.31 bits per heavy atom. The summed E-state index contributed by atoms with van der Waals surface area (Å²) in [7, 11) is 1.26. The molecule has 0 radical (unpaired) electrons. The smallest absolute Gasteiger partial charge is 0.186 e. The number of hydrogen-bond acceptors (Lipinski definition) is 5. The number of rotatable bonds is 2. The summed E-state index contributed by atoms with van der Waals surface area (Å²) in [5.74, 6) is 0. The van der Waals surface area contributed by atoms with Crippen LogP contribution >= 0.6 is 0 Å². The molecule has 3 N–H and O–H groups in total. The van der Waals surface area contributed by atoms with Crippen molar-refractivity contribution in [3.8, 4) is 0 Å². The first-order valence-corrected chi connectivity index (χ1v) is 3.90. The SMILES string of the molecule is CO[C@@H]1O[C@H](CF)[C@@H](O)[C@H](O)[C@H]1O. The molecule has 1 fully saturated rings. The van der Waals surface area contributed by atoms with E-state index in [2.05, 4.69) is 4.74 Å². The average Bonchev–Trinajstić information content (AvgIpc) is 2.15. The minimum Gasteiger partial charge on any atom is -0.387 e. The molecule has 1 aliphatic rings. The third-order valence-corrected chi connectivity index (χ3v) is 2.05. The van der Waals surface area contributed by atoms with E-state index in [9.17, 15) is 19.7 Å². The molecule has 0 spiro atoms. The second-order valence-corrected chi connectivity index (χ2v) is 2.90. The van der Waals surface area contributed by atoms with Gasteiger partial charge in [-0.25, -0.2) is 4.39 Å². The Bertz CT molecular complexity index is 147. The first-order chi connectivity index (χ1) is 6.11. The number of aliphatic hydroxyl groups is 3. The molecule has 1 aliphatic heterocycles. The molecule has 5 atom stereocenters. The van der Waals surface area contributed by atoms with Crippen molar-refractivity contribution in [3.63, 3.8) is 0 Å². The van der Waals surface area contributed by atoms with Crippen LogP contribution in [0.2, 0.25) is 0 Å². The molecule has 0 amide bonds. The Balaban J connectivity index is 2.66. The Morgan fingerprint density at radius 2 is 1.85 bits per heavy atom. The molecule has 13 heavy (non-hydrogen) atoms. The summed E-state index contributed by atoms with van der Waals surface area (Å²) >= 11 is 0. The van der Waals surface area contributed by atoms with Crippen molar-refractivity contribution in [2.24, 2.45) is 0 Å². The highest BCUT2D eigenvalue weighted by molar-refractivity contribution is 4.88. The van der Waals surface area contributed by atoms with E-state index in [4.69, 9.17) is 4.74 Å². The van der Waals surface area contributed by atoms with Crippen LogP contribution in [0.5, 0.6) is 0 Å². The quantitative estimate of drug-likeness (QED) is 0.496. The van der Waals surface area contributed by atoms with E-state index >= 15 is 0 Å². The molecule has 0 aromatic heterocycles. The van der Waals surface area contributed by atoms with Crippen LogP contribution in [0, 0.1) is 0 Å². The van der Waals surface area contributed by atoms with Gasteiger partial charge in [-0.15, -0.1) is 0 Å². The summed E-state index contributed by atoms with van der Waals surface area (Å²) in [5, 5.41) is 27.7. The van der Waals surface area contributed by atoms with Crippen LogP contribution in [0.15, 0.2) is 0 Å². The maximum Gasteiger partial charge on any atom is 0.186 e. The lowest BCUT2D eigenvalue weighted by Gasteiger charge is -2.38. The predicted octanol–water partition coefficient (Wildman–Crippen LogP) is -1.59. The van der Waals surface area contributed by atoms with E-state index in [0.717, 1.165) is 0 Å². The zero-order valence-electron chi connectivity index (χ0n) is 7.13. The van der Waals surface area contributed by atoms with Gasteiger partial charge in [0.05, 0.1) is 0 Å². The second-order valence-electron chi connectivity index (χ2n) is 2.90. The van der Waals surface area contributed by atoms with Gasteiger partial charge in [0.25, 0.3) is 0 Å². The molecule has 0 aliphatic carbocycles. The summed E-state index contributed by atoms with van der Waals surface area (Å²) < 4.78 is 21.7. The molecule has 78 valence electrons. The lowest BCUT2D eigenvalue weighted by atomic mass is 10.00. The normalized spacial score (nSPS) is 46.4. The van der Waals surface area contributed by atoms with Crippen LogP contribution in [0.3, 0.4) is 0 Å². The highest BCUT2D eigenvalue weighted by atomic mass is 19.1. The van der Waals surface area contributed by atoms with Crippen molar-refractivity contribution in [3.05, 3.63) is 0 Å². The number of ether oxygens (including phenoxy) is 2. The number of methoxy groups -OCH3 is 1. The van der Waals surface area contributed by atoms with Crippen molar-refractivity contribution in [1.82, 2.24) is 0 Å². The van der Waals surface area contributed by atoms with E-state index in [1.165, 1.54) is 7.11 Å². The average molecular weight is 196 g/mol. The summed E-state index contributed by atoms with van der Waals surface area (Å²) in [6.45, 7) is -0.940. The van der Waals surface area contributed by atoms with Crippen molar-refractivity contribution in [2.45, 2.75) is 30.7 Å². The third-order valence-electron chi connectivity index (χ3n) is 2.05. The van der Waals surface area contributed by atoms with E-state index in [1.54, 1.807) is 0 Å². The zero-order chi connectivity index (χ0) is 10.0. The van der Waals surface area contributed by atoms with E-state index in [0.29, 0.717) is 0 Å². The van der Waals surface area contributed by atoms with Gasteiger partial charge in [-0.2, -0.15) is 0 Å². The van der Waals surface area contributed by atoms with Crippen LogP contribution in [0.1, 0.15) is 0 Å². The fraction of sp³-hybridized carbons (Fsp3) is 1.00. The Morgan fingerprint density at radius 1 is 1.23 bits per heavy atom. The third kappa shape index (κ3) is 1.97. The lowest BCUT2D eigenvalue weighted by Crippen LogP contribution is -2.58. The topological polar surface area (TPSA) is 79.2 Å². The predicted molar refractivity (Wildman–Crippen MR) is 39.7 cm³/mol. The van der Waals surface area contributed by atoms with Gasteiger partial charge < -0.3 is 24.8 Å². The van der Waals surface area contributed by atoms with Gasteiger partial charge >= 0.3 is 0 Å². The largest absolute Gasteiger partial charge is 0.387 e. The molecule has 1 saturated heterocycles. The van der Waals surface area contributed by atoms with Crippen molar-refractivity contribution in [1.29, 1.82) is 0 Å². The van der Waals surface area contributed by atoms with E-state index in [1.807, 2.05) is 0 Å². The molecule has 0 unspecified atom stereocenters. The number of hydrogen-bond donors (Lipinski definition) is 3. The van der Waals surface area contributed by atoms with Crippen LogP contribution in [-0.4, -0.2) is 59.8 Å². The van der Waals surface area contributed by atoms with Crippen LogP contribution in [0.4, 0.5) is 4.39 Å². The maximum atomic E-state index is 12.2. The first kappa shape index (κ1) is 10.8. The van der Waals surface area contributed by atoms with Crippen molar-refractivity contribution in [2.75, 3.05) is 13.8 Å². The molecular weight excluding hydrogens is 183 g/mol. The van der Waals surface area contributed by atoms with Gasteiger partial charge in [0.2, 0.25) is 0 Å². The number of alkyl halides is 1. The molecule has 1 rings (SSSR count). The summed E-state index contributed by atoms with van der Waals surface area (Å²) in [6.07, 6.45) is -6.48.